The van der Waals surface area contributed by atoms with Crippen molar-refractivity contribution < 1.29 is 13.9 Å². The van der Waals surface area contributed by atoms with Crippen molar-refractivity contribution in [2.45, 2.75) is 25.6 Å². The van der Waals surface area contributed by atoms with E-state index in [2.05, 4.69) is 11.9 Å². The fraction of sp³-hybridized carbons (Fsp3) is 0.625. The summed E-state index contributed by atoms with van der Waals surface area (Å²) in [6.45, 7) is 4.26. The van der Waals surface area contributed by atoms with Crippen LogP contribution in [-0.2, 0) is 0 Å². The first-order valence-electron chi connectivity index (χ1n) is 7.58. The van der Waals surface area contributed by atoms with Crippen molar-refractivity contribution in [1.82, 2.24) is 4.90 Å². The molecule has 0 saturated carbocycles. The van der Waals surface area contributed by atoms with E-state index in [1.807, 2.05) is 6.07 Å². The average Bonchev–Trinajstić information content (AvgIpc) is 2.87. The van der Waals surface area contributed by atoms with Crippen LogP contribution in [0.3, 0.4) is 0 Å². The summed E-state index contributed by atoms with van der Waals surface area (Å²) >= 11 is 0. The lowest BCUT2D eigenvalue weighted by molar-refractivity contribution is 0.165. The third-order valence-electron chi connectivity index (χ3n) is 4.48. The lowest BCUT2D eigenvalue weighted by Gasteiger charge is -2.27. The number of halogens is 1. The molecule has 2 N–H and O–H groups in total. The van der Waals surface area contributed by atoms with Gasteiger partial charge in [-0.2, -0.15) is 0 Å². The summed E-state index contributed by atoms with van der Waals surface area (Å²) in [6.07, 6.45) is -0.0380. The Labute approximate surface area is 125 Å². The molecule has 0 aromatic heterocycles. The normalized spacial score (nSPS) is 26.9. The van der Waals surface area contributed by atoms with E-state index < -0.39 is 6.17 Å². The highest BCUT2D eigenvalue weighted by Crippen LogP contribution is 2.45. The monoisotopic (exact) mass is 294 g/mol. The first-order valence-corrected chi connectivity index (χ1v) is 7.58. The van der Waals surface area contributed by atoms with E-state index in [9.17, 15) is 4.39 Å². The maximum atomic E-state index is 13.8. The Morgan fingerprint density at radius 1 is 1.38 bits per heavy atom. The number of nitrogens with zero attached hydrogens (tertiary/aromatic N) is 1. The van der Waals surface area contributed by atoms with Crippen LogP contribution in [0.1, 0.15) is 36.7 Å². The molecular weight excluding hydrogens is 271 g/mol. The molecule has 5 heteroatoms. The van der Waals surface area contributed by atoms with E-state index in [-0.39, 0.29) is 6.04 Å². The Hall–Kier alpha value is -1.33. The highest BCUT2D eigenvalue weighted by molar-refractivity contribution is 5.52. The van der Waals surface area contributed by atoms with Gasteiger partial charge in [-0.25, -0.2) is 4.39 Å². The fourth-order valence-corrected chi connectivity index (χ4v) is 3.32. The molecular formula is C16H23FN2O2. The lowest BCUT2D eigenvalue weighted by atomic mass is 9.95. The Balaban J connectivity index is 2.02. The van der Waals surface area contributed by atoms with E-state index in [1.165, 1.54) is 0 Å². The fourth-order valence-electron chi connectivity index (χ4n) is 3.32. The number of rotatable bonds is 3. The zero-order chi connectivity index (χ0) is 15.0. The molecule has 0 aliphatic carbocycles. The summed E-state index contributed by atoms with van der Waals surface area (Å²) in [4.78, 5) is 2.28. The van der Waals surface area contributed by atoms with E-state index >= 15 is 0 Å². The molecule has 21 heavy (non-hydrogen) atoms. The van der Waals surface area contributed by atoms with Crippen molar-refractivity contribution in [2.24, 2.45) is 11.7 Å². The predicted molar refractivity (Wildman–Crippen MR) is 79.5 cm³/mol. The highest BCUT2D eigenvalue weighted by atomic mass is 19.1. The Morgan fingerprint density at radius 3 is 2.81 bits per heavy atom. The van der Waals surface area contributed by atoms with Gasteiger partial charge in [-0.15, -0.1) is 0 Å². The van der Waals surface area contributed by atoms with Gasteiger partial charge < -0.3 is 15.2 Å². The van der Waals surface area contributed by atoms with Gasteiger partial charge in [0.05, 0.1) is 0 Å². The van der Waals surface area contributed by atoms with Crippen molar-refractivity contribution in [3.05, 3.63) is 23.3 Å². The van der Waals surface area contributed by atoms with Gasteiger partial charge in [0.25, 0.3) is 0 Å². The molecule has 4 nitrogen and oxygen atoms in total. The van der Waals surface area contributed by atoms with Crippen LogP contribution in [0.25, 0.3) is 0 Å². The van der Waals surface area contributed by atoms with Gasteiger partial charge in [-0.05, 0) is 50.6 Å². The number of hydrogen-bond acceptors (Lipinski definition) is 4. The topological polar surface area (TPSA) is 47.7 Å². The minimum atomic E-state index is -1.02. The second-order valence-electron chi connectivity index (χ2n) is 6.04. The minimum absolute atomic E-state index is 0.215. The Morgan fingerprint density at radius 2 is 2.14 bits per heavy atom. The van der Waals surface area contributed by atoms with Crippen molar-refractivity contribution in [3.63, 3.8) is 0 Å². The molecule has 0 amide bonds. The van der Waals surface area contributed by atoms with Crippen molar-refractivity contribution in [3.8, 4) is 11.5 Å². The summed E-state index contributed by atoms with van der Waals surface area (Å²) in [5.41, 5.74) is 7.49. The molecule has 1 saturated heterocycles. The zero-order valence-corrected chi connectivity index (χ0v) is 12.6. The first-order chi connectivity index (χ1) is 10.1. The smallest absolute Gasteiger partial charge is 0.166 e. The summed E-state index contributed by atoms with van der Waals surface area (Å²) in [5, 5.41) is 0. The lowest BCUT2D eigenvalue weighted by Crippen LogP contribution is -2.23. The number of nitrogens with two attached hydrogens (primary N) is 1. The Kier molecular flexibility index (Phi) is 4.04. The maximum absolute atomic E-state index is 13.8. The molecule has 2 aliphatic rings. The van der Waals surface area contributed by atoms with Gasteiger partial charge in [-0.3, -0.25) is 4.90 Å². The number of benzene rings is 1. The van der Waals surface area contributed by atoms with Gasteiger partial charge in [0.15, 0.2) is 11.5 Å². The zero-order valence-electron chi connectivity index (χ0n) is 12.6. The van der Waals surface area contributed by atoms with Crippen LogP contribution in [0.5, 0.6) is 11.5 Å². The van der Waals surface area contributed by atoms with E-state index in [0.717, 1.165) is 24.3 Å². The molecule has 1 aromatic rings. The quantitative estimate of drug-likeness (QED) is 0.930. The number of hydrogen-bond donors (Lipinski definition) is 1. The van der Waals surface area contributed by atoms with Gasteiger partial charge in [0.2, 0.25) is 0 Å². The predicted octanol–water partition coefficient (Wildman–Crippen LogP) is 2.44. The van der Waals surface area contributed by atoms with E-state index in [0.29, 0.717) is 37.0 Å². The molecule has 3 unspecified atom stereocenters. The maximum Gasteiger partial charge on any atom is 0.166 e. The van der Waals surface area contributed by atoms with Crippen molar-refractivity contribution in [1.29, 1.82) is 0 Å². The van der Waals surface area contributed by atoms with E-state index in [1.54, 1.807) is 13.0 Å². The first kappa shape index (κ1) is 14.6. The molecule has 3 rings (SSSR count). The highest BCUT2D eigenvalue weighted by Gasteiger charge is 2.34. The number of likely N-dealkylation sites (tertiary alicyclic amines) is 1. The van der Waals surface area contributed by atoms with Crippen LogP contribution in [0.15, 0.2) is 12.1 Å². The van der Waals surface area contributed by atoms with Crippen LogP contribution in [0.2, 0.25) is 0 Å². The largest absolute Gasteiger partial charge is 0.486 e. The van der Waals surface area contributed by atoms with Crippen LogP contribution in [0.4, 0.5) is 4.39 Å². The Bertz CT molecular complexity index is 521. The van der Waals surface area contributed by atoms with Crippen LogP contribution in [0, 0.1) is 5.92 Å². The molecule has 0 spiro atoms. The van der Waals surface area contributed by atoms with Gasteiger partial charge >= 0.3 is 0 Å². The molecule has 2 heterocycles. The third-order valence-corrected chi connectivity index (χ3v) is 4.48. The molecule has 1 aromatic carbocycles. The molecule has 1 fully saturated rings. The standard InChI is InChI=1S/C16H23FN2O2/c1-10(17)12-6-13(14-5-11(8-18)9-19(14)2)16-15(7-12)20-3-4-21-16/h6-7,10-11,14H,3-5,8-9,18H2,1-2H3. The average molecular weight is 294 g/mol. The number of alkyl halides is 1. The van der Waals surface area contributed by atoms with Crippen LogP contribution >= 0.6 is 0 Å². The molecule has 2 aliphatic heterocycles. The van der Waals surface area contributed by atoms with Crippen LogP contribution < -0.4 is 15.2 Å². The number of fused-ring (bicyclic) bond motifs is 1. The summed E-state index contributed by atoms with van der Waals surface area (Å²) in [6, 6.07) is 3.91. The summed E-state index contributed by atoms with van der Waals surface area (Å²) in [7, 11) is 2.09. The molecule has 0 radical (unpaired) electrons. The molecule has 3 atom stereocenters. The van der Waals surface area contributed by atoms with Crippen LogP contribution in [-0.4, -0.2) is 38.3 Å². The van der Waals surface area contributed by atoms with E-state index in [4.69, 9.17) is 15.2 Å². The SMILES string of the molecule is CC(F)c1cc2c(c(C3CC(CN)CN3C)c1)OCCO2. The van der Waals surface area contributed by atoms with Gasteiger partial charge in [0.1, 0.15) is 19.4 Å². The second-order valence-corrected chi connectivity index (χ2v) is 6.04. The van der Waals surface area contributed by atoms with Crippen molar-refractivity contribution >= 4 is 0 Å². The van der Waals surface area contributed by atoms with Gasteiger partial charge in [0, 0.05) is 18.2 Å². The summed E-state index contributed by atoms with van der Waals surface area (Å²) in [5.74, 6) is 1.93. The third kappa shape index (κ3) is 2.72. The minimum Gasteiger partial charge on any atom is -0.486 e. The molecule has 0 bridgehead atoms. The van der Waals surface area contributed by atoms with Gasteiger partial charge in [-0.1, -0.05) is 0 Å². The molecule has 116 valence electrons. The summed E-state index contributed by atoms with van der Waals surface area (Å²) < 4.78 is 25.3. The second kappa shape index (κ2) is 5.81. The number of ether oxygens (including phenoxy) is 2. The van der Waals surface area contributed by atoms with Crippen molar-refractivity contribution in [2.75, 3.05) is 33.4 Å².